The van der Waals surface area contributed by atoms with E-state index in [1.54, 1.807) is 0 Å². The Balaban J connectivity index is 0. The van der Waals surface area contributed by atoms with Crippen molar-refractivity contribution in [1.82, 2.24) is 3.71 Å². The van der Waals surface area contributed by atoms with Crippen LogP contribution in [-0.4, -0.2) is 8.95 Å². The van der Waals surface area contributed by atoms with E-state index in [-0.39, 0.29) is 19.5 Å². The first-order valence-electron chi connectivity index (χ1n) is 1.05. The quantitative estimate of drug-likeness (QED) is 0.400. The summed E-state index contributed by atoms with van der Waals surface area (Å²) < 4.78 is 0.781. The van der Waals surface area contributed by atoms with Gasteiger partial charge in [0.05, 0.1) is 0 Å². The molecule has 0 atom stereocenters. The second kappa shape index (κ2) is 5.28. The first-order chi connectivity index (χ1) is 2.64. The molecular formula is CH3NOS3Zn. The van der Waals surface area contributed by atoms with Gasteiger partial charge in [-0.2, -0.15) is 0 Å². The SMILES string of the molecule is O=C(S)N(S)S.[Zn]. The van der Waals surface area contributed by atoms with Crippen LogP contribution in [0.15, 0.2) is 0 Å². The van der Waals surface area contributed by atoms with Gasteiger partial charge >= 0.3 is 0 Å². The van der Waals surface area contributed by atoms with Crippen LogP contribution in [0.3, 0.4) is 0 Å². The molecule has 0 aliphatic carbocycles. The van der Waals surface area contributed by atoms with Gasteiger partial charge in [-0.3, -0.25) is 4.79 Å². The van der Waals surface area contributed by atoms with E-state index in [0.29, 0.717) is 0 Å². The van der Waals surface area contributed by atoms with Gasteiger partial charge in [0.15, 0.2) is 0 Å². The fourth-order valence-electron chi connectivity index (χ4n) is 0. The standard InChI is InChI=1S/CH3NOS3.Zn/c3-1(4)2(5)6;/h5-6H,(H,3,4);. The van der Waals surface area contributed by atoms with Crippen LogP contribution >= 0.6 is 38.3 Å². The van der Waals surface area contributed by atoms with E-state index in [0.717, 1.165) is 3.71 Å². The average Bonchev–Trinajstić information content (AvgIpc) is 1.36. The van der Waals surface area contributed by atoms with Crippen LogP contribution in [0.4, 0.5) is 4.79 Å². The molecule has 0 spiro atoms. The molecule has 0 saturated carbocycles. The molecule has 0 unspecified atom stereocenters. The van der Waals surface area contributed by atoms with Gasteiger partial charge in [0.25, 0.3) is 5.24 Å². The molecule has 7 heavy (non-hydrogen) atoms. The van der Waals surface area contributed by atoms with E-state index in [4.69, 9.17) is 0 Å². The van der Waals surface area contributed by atoms with E-state index < -0.39 is 5.24 Å². The van der Waals surface area contributed by atoms with Crippen LogP contribution in [0.25, 0.3) is 0 Å². The maximum absolute atomic E-state index is 9.78. The average molecular weight is 207 g/mol. The zero-order valence-corrected chi connectivity index (χ0v) is 9.05. The first kappa shape index (κ1) is 11.0. The minimum atomic E-state index is -0.485. The van der Waals surface area contributed by atoms with E-state index in [1.165, 1.54) is 0 Å². The molecular weight excluding hydrogens is 204 g/mol. The third kappa shape index (κ3) is 7.14. The molecule has 0 N–H and O–H groups in total. The Hall–Kier alpha value is 1.14. The van der Waals surface area contributed by atoms with Crippen LogP contribution in [0.5, 0.6) is 0 Å². The van der Waals surface area contributed by atoms with E-state index in [9.17, 15) is 4.79 Å². The van der Waals surface area contributed by atoms with Gasteiger partial charge in [-0.05, 0) is 0 Å². The third-order valence-electron chi connectivity index (χ3n) is 0.171. The summed E-state index contributed by atoms with van der Waals surface area (Å²) in [6.45, 7) is 0. The number of hydrogen-bond donors (Lipinski definition) is 3. The van der Waals surface area contributed by atoms with Gasteiger partial charge in [0, 0.05) is 19.5 Å². The Morgan fingerprint density at radius 2 is 1.57 bits per heavy atom. The largest absolute Gasteiger partial charge is 0.298 e. The summed E-state index contributed by atoms with van der Waals surface area (Å²) in [7, 11) is 0. The molecule has 0 heterocycles. The zero-order valence-electron chi connectivity index (χ0n) is 3.40. The van der Waals surface area contributed by atoms with Crippen molar-refractivity contribution in [3.05, 3.63) is 0 Å². The molecule has 0 bridgehead atoms. The van der Waals surface area contributed by atoms with Crippen molar-refractivity contribution in [2.24, 2.45) is 0 Å². The normalized spacial score (nSPS) is 6.71. The predicted octanol–water partition coefficient (Wildman–Crippen LogP) is 1.03. The van der Waals surface area contributed by atoms with Gasteiger partial charge in [-0.15, -0.1) is 0 Å². The summed E-state index contributed by atoms with van der Waals surface area (Å²) in [5.41, 5.74) is 0. The summed E-state index contributed by atoms with van der Waals surface area (Å²) in [6, 6.07) is 0. The number of carbonyl (C=O) groups is 1. The Labute approximate surface area is 71.3 Å². The molecule has 0 aliphatic rings. The summed E-state index contributed by atoms with van der Waals surface area (Å²) in [4.78, 5) is 9.78. The van der Waals surface area contributed by atoms with Crippen molar-refractivity contribution >= 4 is 43.5 Å². The minimum Gasteiger partial charge on any atom is -0.260 e. The van der Waals surface area contributed by atoms with Crippen molar-refractivity contribution in [2.75, 3.05) is 0 Å². The maximum atomic E-state index is 9.78. The van der Waals surface area contributed by atoms with E-state index in [2.05, 4.69) is 38.3 Å². The molecule has 0 saturated heterocycles. The van der Waals surface area contributed by atoms with Crippen molar-refractivity contribution in [3.63, 3.8) is 0 Å². The number of amides is 1. The summed E-state index contributed by atoms with van der Waals surface area (Å²) in [5.74, 6) is 0. The first-order valence-corrected chi connectivity index (χ1v) is 2.30. The van der Waals surface area contributed by atoms with Crippen LogP contribution < -0.4 is 0 Å². The molecule has 0 aliphatic heterocycles. The minimum absolute atomic E-state index is 0. The van der Waals surface area contributed by atoms with Crippen molar-refractivity contribution in [2.45, 2.75) is 0 Å². The van der Waals surface area contributed by atoms with Gasteiger partial charge in [0.2, 0.25) is 0 Å². The van der Waals surface area contributed by atoms with Gasteiger partial charge in [-0.25, -0.2) is 3.71 Å². The van der Waals surface area contributed by atoms with Crippen LogP contribution in [0.2, 0.25) is 0 Å². The Kier molecular flexibility index (Phi) is 8.31. The molecule has 0 aromatic heterocycles. The van der Waals surface area contributed by atoms with E-state index in [1.807, 2.05) is 0 Å². The number of hydrogen-bond acceptors (Lipinski definition) is 3. The number of carbonyl (C=O) groups excluding carboxylic acids is 1. The molecule has 1 amide bonds. The van der Waals surface area contributed by atoms with Crippen molar-refractivity contribution in [3.8, 4) is 0 Å². The monoisotopic (exact) mass is 205 g/mol. The number of rotatable bonds is 0. The molecule has 2 nitrogen and oxygen atoms in total. The van der Waals surface area contributed by atoms with E-state index >= 15 is 0 Å². The number of nitrogens with zero attached hydrogens (tertiary/aromatic N) is 1. The van der Waals surface area contributed by atoms with Gasteiger partial charge in [-0.1, -0.05) is 38.3 Å². The van der Waals surface area contributed by atoms with Crippen LogP contribution in [0, 0.1) is 0 Å². The Morgan fingerprint density at radius 1 is 1.43 bits per heavy atom. The second-order valence-electron chi connectivity index (χ2n) is 0.572. The van der Waals surface area contributed by atoms with Crippen molar-refractivity contribution in [1.29, 1.82) is 0 Å². The molecule has 38 valence electrons. The fraction of sp³-hybridized carbons (Fsp3) is 0. The molecule has 6 heteroatoms. The molecule has 0 aromatic carbocycles. The maximum Gasteiger partial charge on any atom is 0.298 e. The summed E-state index contributed by atoms with van der Waals surface area (Å²) in [6.07, 6.45) is 0. The fourth-order valence-corrected chi connectivity index (χ4v) is 0. The zero-order chi connectivity index (χ0) is 5.15. The Bertz CT molecular complexity index is 66.0. The molecule has 0 rings (SSSR count). The van der Waals surface area contributed by atoms with Crippen LogP contribution in [-0.2, 0) is 19.5 Å². The second-order valence-corrected chi connectivity index (χ2v) is 2.07. The van der Waals surface area contributed by atoms with Gasteiger partial charge < -0.3 is 0 Å². The summed E-state index contributed by atoms with van der Waals surface area (Å²) in [5, 5.41) is -0.485. The van der Waals surface area contributed by atoms with Gasteiger partial charge in [0.1, 0.15) is 0 Å². The summed E-state index contributed by atoms with van der Waals surface area (Å²) >= 11 is 10.3. The molecule has 0 fully saturated rings. The Morgan fingerprint density at radius 3 is 1.57 bits per heavy atom. The third-order valence-corrected chi connectivity index (χ3v) is 1.05. The molecule has 0 aromatic rings. The topological polar surface area (TPSA) is 20.3 Å². The predicted molar refractivity (Wildman–Crippen MR) is 34.2 cm³/mol. The molecule has 0 radical (unpaired) electrons. The van der Waals surface area contributed by atoms with Crippen molar-refractivity contribution < 1.29 is 24.3 Å². The van der Waals surface area contributed by atoms with Crippen LogP contribution in [0.1, 0.15) is 0 Å². The number of thiol groups is 3. The smallest absolute Gasteiger partial charge is 0.260 e.